The van der Waals surface area contributed by atoms with Crippen molar-refractivity contribution < 1.29 is 4.79 Å². The van der Waals surface area contributed by atoms with Crippen LogP contribution in [0.1, 0.15) is 65.1 Å². The van der Waals surface area contributed by atoms with Crippen LogP contribution >= 0.6 is 11.8 Å². The molecule has 0 saturated heterocycles. The van der Waals surface area contributed by atoms with Crippen molar-refractivity contribution in [3.8, 4) is 0 Å². The van der Waals surface area contributed by atoms with Gasteiger partial charge in [0.2, 0.25) is 11.1 Å². The zero-order chi connectivity index (χ0) is 14.8. The number of H-pyrrole nitrogens is 1. The molecule has 112 valence electrons. The van der Waals surface area contributed by atoms with E-state index in [9.17, 15) is 4.79 Å². The summed E-state index contributed by atoms with van der Waals surface area (Å²) >= 11 is 1.41. The van der Waals surface area contributed by atoms with E-state index in [4.69, 9.17) is 0 Å². The average molecular weight is 296 g/mol. The maximum Gasteiger partial charge on any atom is 0.233 e. The molecule has 1 heterocycles. The summed E-state index contributed by atoms with van der Waals surface area (Å²) in [5.41, 5.74) is -0.208. The zero-order valence-corrected chi connectivity index (χ0v) is 13.5. The fourth-order valence-corrected chi connectivity index (χ4v) is 3.11. The first-order chi connectivity index (χ1) is 9.35. The number of hydrogen-bond acceptors (Lipinski definition) is 4. The molecule has 0 radical (unpaired) electrons. The van der Waals surface area contributed by atoms with E-state index in [-0.39, 0.29) is 16.7 Å². The molecule has 1 atom stereocenters. The Morgan fingerprint density at radius 2 is 2.05 bits per heavy atom. The van der Waals surface area contributed by atoms with Gasteiger partial charge >= 0.3 is 0 Å². The lowest BCUT2D eigenvalue weighted by Crippen LogP contribution is -2.44. The quantitative estimate of drug-likeness (QED) is 0.838. The third-order valence-corrected chi connectivity index (χ3v) is 4.33. The molecule has 0 aromatic carbocycles. The summed E-state index contributed by atoms with van der Waals surface area (Å²) in [6.45, 7) is 7.82. The first-order valence-corrected chi connectivity index (χ1v) is 8.14. The van der Waals surface area contributed by atoms with Crippen molar-refractivity contribution in [2.45, 2.75) is 75.2 Å². The molecule has 2 N–H and O–H groups in total. The van der Waals surface area contributed by atoms with Gasteiger partial charge in [-0.15, -0.1) is 5.10 Å². The van der Waals surface area contributed by atoms with Crippen LogP contribution in [0.2, 0.25) is 0 Å². The molecule has 1 aliphatic rings. The largest absolute Gasteiger partial charge is 0.351 e. The summed E-state index contributed by atoms with van der Waals surface area (Å²) in [6, 6.07) is 0. The minimum Gasteiger partial charge on any atom is -0.351 e. The van der Waals surface area contributed by atoms with Crippen LogP contribution in [0.25, 0.3) is 0 Å². The van der Waals surface area contributed by atoms with Gasteiger partial charge in [0, 0.05) is 11.5 Å². The average Bonchev–Trinajstić information content (AvgIpc) is 2.95. The van der Waals surface area contributed by atoms with E-state index in [1.807, 2.05) is 27.7 Å². The van der Waals surface area contributed by atoms with Crippen LogP contribution in [0.5, 0.6) is 0 Å². The number of carbonyl (C=O) groups excluding carboxylic acids is 1. The Bertz CT molecular complexity index is 460. The standard InChI is InChI=1S/C14H24N4OS/c1-9(12(19)16-14(2,3)4)20-13-15-11(17-18-13)10-7-5-6-8-10/h9-10H,5-8H2,1-4H3,(H,16,19)(H,15,17,18). The van der Waals surface area contributed by atoms with Crippen molar-refractivity contribution in [2.75, 3.05) is 0 Å². The fraction of sp³-hybridized carbons (Fsp3) is 0.786. The molecule has 1 amide bonds. The van der Waals surface area contributed by atoms with Crippen molar-refractivity contribution in [1.29, 1.82) is 0 Å². The van der Waals surface area contributed by atoms with Gasteiger partial charge in [-0.2, -0.15) is 0 Å². The number of thioether (sulfide) groups is 1. The van der Waals surface area contributed by atoms with Crippen LogP contribution in [-0.2, 0) is 4.79 Å². The van der Waals surface area contributed by atoms with Crippen LogP contribution in [0.15, 0.2) is 5.16 Å². The van der Waals surface area contributed by atoms with Gasteiger partial charge in [0.25, 0.3) is 0 Å². The summed E-state index contributed by atoms with van der Waals surface area (Å²) in [5.74, 6) is 1.53. The minimum atomic E-state index is -0.208. The molecule has 1 aromatic rings. The Morgan fingerprint density at radius 3 is 2.65 bits per heavy atom. The summed E-state index contributed by atoms with van der Waals surface area (Å²) in [5, 5.41) is 10.7. The SMILES string of the molecule is CC(Sc1n[nH]c(C2CCCC2)n1)C(=O)NC(C)(C)C. The molecule has 5 nitrogen and oxygen atoms in total. The van der Waals surface area contributed by atoms with Crippen molar-refractivity contribution in [3.05, 3.63) is 5.82 Å². The minimum absolute atomic E-state index is 0.0229. The Kier molecular flexibility index (Phi) is 4.73. The number of rotatable bonds is 4. The number of amides is 1. The predicted octanol–water partition coefficient (Wildman–Crippen LogP) is 2.86. The van der Waals surface area contributed by atoms with Gasteiger partial charge in [-0.3, -0.25) is 9.89 Å². The van der Waals surface area contributed by atoms with Gasteiger partial charge in [0.15, 0.2) is 0 Å². The summed E-state index contributed by atoms with van der Waals surface area (Å²) in [4.78, 5) is 16.6. The third kappa shape index (κ3) is 4.23. The van der Waals surface area contributed by atoms with Gasteiger partial charge in [0.05, 0.1) is 5.25 Å². The monoisotopic (exact) mass is 296 g/mol. The highest BCUT2D eigenvalue weighted by molar-refractivity contribution is 8.00. The second kappa shape index (κ2) is 6.16. The molecule has 0 spiro atoms. The second-order valence-corrected chi connectivity index (χ2v) is 7.79. The van der Waals surface area contributed by atoms with Crippen molar-refractivity contribution in [3.63, 3.8) is 0 Å². The highest BCUT2D eigenvalue weighted by atomic mass is 32.2. The topological polar surface area (TPSA) is 70.7 Å². The number of carbonyl (C=O) groups is 1. The Hall–Kier alpha value is -1.04. The maximum absolute atomic E-state index is 12.0. The molecule has 0 aliphatic heterocycles. The van der Waals surface area contributed by atoms with E-state index in [1.54, 1.807) is 0 Å². The molecule has 1 aliphatic carbocycles. The van der Waals surface area contributed by atoms with Crippen LogP contribution in [-0.4, -0.2) is 31.9 Å². The van der Waals surface area contributed by atoms with E-state index in [0.717, 1.165) is 5.82 Å². The van der Waals surface area contributed by atoms with E-state index in [2.05, 4.69) is 20.5 Å². The number of aromatic nitrogens is 3. The number of nitrogens with one attached hydrogen (secondary N) is 2. The summed E-state index contributed by atoms with van der Waals surface area (Å²) in [7, 11) is 0. The Balaban J connectivity index is 1.91. The molecule has 0 bridgehead atoms. The highest BCUT2D eigenvalue weighted by Crippen LogP contribution is 2.33. The molecule has 1 saturated carbocycles. The smallest absolute Gasteiger partial charge is 0.233 e. The van der Waals surface area contributed by atoms with Gasteiger partial charge < -0.3 is 5.32 Å². The molecule has 20 heavy (non-hydrogen) atoms. The van der Waals surface area contributed by atoms with Crippen LogP contribution < -0.4 is 5.32 Å². The molecule has 1 aromatic heterocycles. The van der Waals surface area contributed by atoms with Crippen molar-refractivity contribution >= 4 is 17.7 Å². The van der Waals surface area contributed by atoms with Crippen LogP contribution in [0.4, 0.5) is 0 Å². The predicted molar refractivity (Wildman–Crippen MR) is 80.8 cm³/mol. The second-order valence-electron chi connectivity index (χ2n) is 6.48. The van der Waals surface area contributed by atoms with E-state index < -0.39 is 0 Å². The van der Waals surface area contributed by atoms with E-state index in [0.29, 0.717) is 11.1 Å². The molecular weight excluding hydrogens is 272 g/mol. The number of nitrogens with zero attached hydrogens (tertiary/aromatic N) is 2. The van der Waals surface area contributed by atoms with Gasteiger partial charge in [-0.05, 0) is 40.5 Å². The van der Waals surface area contributed by atoms with Crippen molar-refractivity contribution in [2.24, 2.45) is 0 Å². The first-order valence-electron chi connectivity index (χ1n) is 7.26. The molecule has 6 heteroatoms. The van der Waals surface area contributed by atoms with Gasteiger partial charge in [-0.25, -0.2) is 4.98 Å². The van der Waals surface area contributed by atoms with Gasteiger partial charge in [-0.1, -0.05) is 24.6 Å². The maximum atomic E-state index is 12.0. The normalized spacial score (nSPS) is 18.2. The zero-order valence-electron chi connectivity index (χ0n) is 12.7. The third-order valence-electron chi connectivity index (χ3n) is 3.37. The summed E-state index contributed by atoms with van der Waals surface area (Å²) in [6.07, 6.45) is 4.94. The Labute approximate surface area is 124 Å². The molecule has 1 fully saturated rings. The highest BCUT2D eigenvalue weighted by Gasteiger charge is 2.24. The van der Waals surface area contributed by atoms with Gasteiger partial charge in [0.1, 0.15) is 5.82 Å². The Morgan fingerprint density at radius 1 is 1.40 bits per heavy atom. The van der Waals surface area contributed by atoms with Crippen LogP contribution in [0, 0.1) is 0 Å². The van der Waals surface area contributed by atoms with Crippen LogP contribution in [0.3, 0.4) is 0 Å². The fourth-order valence-electron chi connectivity index (χ4n) is 2.38. The first kappa shape index (κ1) is 15.4. The lowest BCUT2D eigenvalue weighted by molar-refractivity contribution is -0.121. The van der Waals surface area contributed by atoms with E-state index in [1.165, 1.54) is 37.4 Å². The molecule has 2 rings (SSSR count). The number of aromatic amines is 1. The lowest BCUT2D eigenvalue weighted by Gasteiger charge is -2.22. The summed E-state index contributed by atoms with van der Waals surface area (Å²) < 4.78 is 0. The molecule has 1 unspecified atom stereocenters. The van der Waals surface area contributed by atoms with E-state index >= 15 is 0 Å². The molecular formula is C14H24N4OS. The number of hydrogen-bond donors (Lipinski definition) is 2. The lowest BCUT2D eigenvalue weighted by atomic mass is 10.1. The van der Waals surface area contributed by atoms with Crippen molar-refractivity contribution in [1.82, 2.24) is 20.5 Å².